The van der Waals surface area contributed by atoms with E-state index in [9.17, 15) is 0 Å². The summed E-state index contributed by atoms with van der Waals surface area (Å²) in [6.07, 6.45) is 0. The first-order chi connectivity index (χ1) is 3.25. The van der Waals surface area contributed by atoms with Gasteiger partial charge in [0.15, 0.2) is 0 Å². The van der Waals surface area contributed by atoms with E-state index in [1.54, 1.807) is 0 Å². The maximum absolute atomic E-state index is 2.27. The number of hydrogen-bond donors (Lipinski definition) is 0. The van der Waals surface area contributed by atoms with E-state index in [1.165, 1.54) is 0 Å². The van der Waals surface area contributed by atoms with Gasteiger partial charge in [-0.25, -0.2) is 0 Å². The summed E-state index contributed by atoms with van der Waals surface area (Å²) in [6.45, 7) is 13.6. The van der Waals surface area contributed by atoms with Crippen molar-refractivity contribution in [2.24, 2.45) is 10.8 Å². The van der Waals surface area contributed by atoms with Crippen molar-refractivity contribution in [1.29, 1.82) is 0 Å². The van der Waals surface area contributed by atoms with Crippen LogP contribution in [0.4, 0.5) is 0 Å². The molecule has 0 rings (SSSR count). The monoisotopic (exact) mass is 203 g/mol. The predicted octanol–water partition coefficient (Wildman–Crippen LogP) is 3.08. The summed E-state index contributed by atoms with van der Waals surface area (Å²) in [5.41, 5.74) is 0.875. The Kier molecular flexibility index (Phi) is 4.93. The van der Waals surface area contributed by atoms with E-state index in [4.69, 9.17) is 0 Å². The molecule has 0 unspecified atom stereocenters. The van der Waals surface area contributed by atoms with Crippen LogP contribution in [0.2, 0.25) is 0 Å². The maximum Gasteiger partial charge on any atom is 0 e. The molecule has 0 aliphatic carbocycles. The second-order valence-electron chi connectivity index (χ2n) is 4.50. The number of hydrogen-bond acceptors (Lipinski definition) is 0. The van der Waals surface area contributed by atoms with Gasteiger partial charge >= 0.3 is 0 Å². The summed E-state index contributed by atoms with van der Waals surface area (Å²) < 4.78 is 0. The summed E-state index contributed by atoms with van der Waals surface area (Å²) in [7, 11) is 0. The molecule has 0 bridgehead atoms. The van der Waals surface area contributed by atoms with Gasteiger partial charge in [-0.15, -0.1) is 0 Å². The van der Waals surface area contributed by atoms with Crippen LogP contribution in [-0.2, 0) is 32.7 Å². The first kappa shape index (κ1) is 12.8. The molecule has 0 aromatic heterocycles. The van der Waals surface area contributed by atoms with Crippen molar-refractivity contribution in [1.82, 2.24) is 0 Å². The van der Waals surface area contributed by atoms with E-state index in [2.05, 4.69) is 41.5 Å². The summed E-state index contributed by atoms with van der Waals surface area (Å²) >= 11 is 0. The Morgan fingerprint density at radius 2 is 0.667 bits per heavy atom. The van der Waals surface area contributed by atoms with Crippen LogP contribution in [0.5, 0.6) is 0 Å². The molecule has 0 saturated heterocycles. The molecule has 0 atom stereocenters. The van der Waals surface area contributed by atoms with E-state index < -0.39 is 0 Å². The molecule has 0 fully saturated rings. The fourth-order valence-electron chi connectivity index (χ4n) is 0. The first-order valence-electron chi connectivity index (χ1n) is 3.25. The standard InChI is InChI=1S/C8H18.Y/c1-7(2,3)8(4,5)6;/h1-6H3;. The molecule has 0 N–H and O–H groups in total. The zero-order valence-corrected chi connectivity index (χ0v) is 10.4. The third kappa shape index (κ3) is 4.50. The molecular weight excluding hydrogens is 185 g/mol. The van der Waals surface area contributed by atoms with Crippen LogP contribution < -0.4 is 0 Å². The Balaban J connectivity index is 0. The van der Waals surface area contributed by atoms with Crippen molar-refractivity contribution in [2.45, 2.75) is 41.5 Å². The predicted molar refractivity (Wildman–Crippen MR) is 38.9 cm³/mol. The molecule has 1 heteroatoms. The van der Waals surface area contributed by atoms with Crippen LogP contribution >= 0.6 is 0 Å². The van der Waals surface area contributed by atoms with Crippen molar-refractivity contribution >= 4 is 0 Å². The average molecular weight is 203 g/mol. The van der Waals surface area contributed by atoms with Crippen molar-refractivity contribution < 1.29 is 32.7 Å². The average Bonchev–Trinajstić information content (AvgIpc) is 1.25. The first-order valence-corrected chi connectivity index (χ1v) is 3.25. The van der Waals surface area contributed by atoms with Crippen molar-refractivity contribution in [3.05, 3.63) is 0 Å². The smallest absolute Gasteiger partial charge is 0 e. The number of rotatable bonds is 0. The van der Waals surface area contributed by atoms with E-state index in [1.807, 2.05) is 0 Å². The van der Waals surface area contributed by atoms with Crippen molar-refractivity contribution in [2.75, 3.05) is 0 Å². The van der Waals surface area contributed by atoms with Gasteiger partial charge < -0.3 is 0 Å². The van der Waals surface area contributed by atoms with E-state index in [0.29, 0.717) is 10.8 Å². The second-order valence-corrected chi connectivity index (χ2v) is 4.50. The fraction of sp³-hybridized carbons (Fsp3) is 1.00. The van der Waals surface area contributed by atoms with Gasteiger partial charge in [-0.2, -0.15) is 0 Å². The van der Waals surface area contributed by atoms with Crippen LogP contribution in [0.15, 0.2) is 0 Å². The van der Waals surface area contributed by atoms with Crippen LogP contribution in [0.1, 0.15) is 41.5 Å². The van der Waals surface area contributed by atoms with Crippen LogP contribution in [0.3, 0.4) is 0 Å². The third-order valence-electron chi connectivity index (χ3n) is 2.25. The maximum atomic E-state index is 2.27. The summed E-state index contributed by atoms with van der Waals surface area (Å²) in [6, 6.07) is 0. The largest absolute Gasteiger partial charge is 0.0597 e. The van der Waals surface area contributed by atoms with E-state index in [-0.39, 0.29) is 32.7 Å². The normalized spacial score (nSPS) is 12.7. The molecule has 0 saturated carbocycles. The fourth-order valence-corrected chi connectivity index (χ4v) is 0. The summed E-state index contributed by atoms with van der Waals surface area (Å²) in [5.74, 6) is 0. The van der Waals surface area contributed by atoms with Crippen molar-refractivity contribution in [3.8, 4) is 0 Å². The van der Waals surface area contributed by atoms with Gasteiger partial charge in [0.25, 0.3) is 0 Å². The van der Waals surface area contributed by atoms with Gasteiger partial charge in [0.1, 0.15) is 0 Å². The molecule has 1 radical (unpaired) electrons. The molecule has 0 heterocycles. The van der Waals surface area contributed by atoms with E-state index >= 15 is 0 Å². The van der Waals surface area contributed by atoms with Gasteiger partial charge in [0.2, 0.25) is 0 Å². The Morgan fingerprint density at radius 1 is 0.556 bits per heavy atom. The van der Waals surface area contributed by atoms with Gasteiger partial charge in [-0.1, -0.05) is 41.5 Å². The molecule has 9 heavy (non-hydrogen) atoms. The third-order valence-corrected chi connectivity index (χ3v) is 2.25. The molecular formula is C8H18Y. The Morgan fingerprint density at radius 3 is 0.667 bits per heavy atom. The van der Waals surface area contributed by atoms with Crippen LogP contribution in [-0.4, -0.2) is 0 Å². The second kappa shape index (κ2) is 3.48. The zero-order valence-electron chi connectivity index (χ0n) is 7.58. The van der Waals surface area contributed by atoms with Gasteiger partial charge in [0, 0.05) is 32.7 Å². The molecule has 0 aliphatic rings. The molecule has 0 aliphatic heterocycles. The summed E-state index contributed by atoms with van der Waals surface area (Å²) in [5, 5.41) is 0. The van der Waals surface area contributed by atoms with Gasteiger partial charge in [-0.05, 0) is 10.8 Å². The molecule has 0 aromatic rings. The van der Waals surface area contributed by atoms with Crippen LogP contribution in [0.25, 0.3) is 0 Å². The summed E-state index contributed by atoms with van der Waals surface area (Å²) in [4.78, 5) is 0. The van der Waals surface area contributed by atoms with Crippen LogP contribution in [0, 0.1) is 10.8 Å². The molecule has 0 aromatic carbocycles. The topological polar surface area (TPSA) is 0 Å². The quantitative estimate of drug-likeness (QED) is 0.567. The zero-order chi connectivity index (χ0) is 7.00. The minimum absolute atomic E-state index is 0. The SMILES string of the molecule is CC(C)(C)C(C)(C)C.[Y]. The van der Waals surface area contributed by atoms with E-state index in [0.717, 1.165) is 0 Å². The molecule has 0 nitrogen and oxygen atoms in total. The van der Waals surface area contributed by atoms with Gasteiger partial charge in [-0.3, -0.25) is 0 Å². The Bertz CT molecular complexity index is 59.5. The molecule has 53 valence electrons. The molecule has 0 amide bonds. The van der Waals surface area contributed by atoms with Gasteiger partial charge in [0.05, 0.1) is 0 Å². The minimum Gasteiger partial charge on any atom is -0.0597 e. The minimum atomic E-state index is 0. The van der Waals surface area contributed by atoms with Crippen molar-refractivity contribution in [3.63, 3.8) is 0 Å². The Labute approximate surface area is 84.7 Å². The Hall–Kier alpha value is 1.10. The molecule has 0 spiro atoms.